The number of esters is 1. The Kier molecular flexibility index (Phi) is 7.06. The van der Waals surface area contributed by atoms with Crippen LogP contribution in [-0.2, 0) is 4.74 Å². The van der Waals surface area contributed by atoms with Crippen LogP contribution in [0.2, 0.25) is 0 Å². The minimum atomic E-state index is -0.710. The van der Waals surface area contributed by atoms with Gasteiger partial charge in [-0.3, -0.25) is 4.79 Å². The van der Waals surface area contributed by atoms with Crippen molar-refractivity contribution in [3.05, 3.63) is 108 Å². The average Bonchev–Trinajstić information content (AvgIpc) is 2.85. The molecule has 0 aliphatic heterocycles. The van der Waals surface area contributed by atoms with Crippen LogP contribution in [0.1, 0.15) is 41.5 Å². The van der Waals surface area contributed by atoms with Crippen LogP contribution in [0, 0.1) is 0 Å². The van der Waals surface area contributed by atoms with E-state index in [0.717, 1.165) is 11.1 Å². The molecule has 182 valence electrons. The van der Waals surface area contributed by atoms with Crippen LogP contribution in [0.3, 0.4) is 0 Å². The molecule has 0 fully saturated rings. The third-order valence-electron chi connectivity index (χ3n) is 5.19. The number of phenols is 1. The Morgan fingerprint density at radius 1 is 0.722 bits per heavy atom. The molecule has 0 bridgehead atoms. The molecular formula is C30H27NO5. The topological polar surface area (TPSA) is 84.9 Å². The van der Waals surface area contributed by atoms with Gasteiger partial charge in [0.2, 0.25) is 0 Å². The summed E-state index contributed by atoms with van der Waals surface area (Å²) >= 11 is 0. The largest absolute Gasteiger partial charge is 0.507 e. The highest BCUT2D eigenvalue weighted by Gasteiger charge is 2.23. The molecule has 4 aromatic carbocycles. The first-order valence-corrected chi connectivity index (χ1v) is 11.5. The van der Waals surface area contributed by atoms with Crippen molar-refractivity contribution in [1.29, 1.82) is 0 Å². The summed E-state index contributed by atoms with van der Waals surface area (Å²) in [6.45, 7) is 5.33. The number of carbonyl (C=O) groups excluding carboxylic acids is 2. The number of amides is 1. The van der Waals surface area contributed by atoms with Crippen LogP contribution >= 0.6 is 0 Å². The normalized spacial score (nSPS) is 11.0. The average molecular weight is 482 g/mol. The van der Waals surface area contributed by atoms with E-state index in [0.29, 0.717) is 11.5 Å². The van der Waals surface area contributed by atoms with Crippen molar-refractivity contribution in [2.24, 2.45) is 0 Å². The highest BCUT2D eigenvalue weighted by atomic mass is 16.6. The van der Waals surface area contributed by atoms with Gasteiger partial charge in [-0.2, -0.15) is 0 Å². The summed E-state index contributed by atoms with van der Waals surface area (Å²) in [4.78, 5) is 26.2. The molecule has 0 aromatic heterocycles. The van der Waals surface area contributed by atoms with E-state index in [2.05, 4.69) is 5.32 Å². The molecule has 0 atom stereocenters. The summed E-state index contributed by atoms with van der Waals surface area (Å²) in [6, 6.07) is 28.3. The molecule has 0 saturated carbocycles. The Morgan fingerprint density at radius 2 is 1.39 bits per heavy atom. The third kappa shape index (κ3) is 6.10. The van der Waals surface area contributed by atoms with Gasteiger partial charge < -0.3 is 19.9 Å². The Hall–Kier alpha value is -4.58. The fourth-order valence-corrected chi connectivity index (χ4v) is 3.54. The summed E-state index contributed by atoms with van der Waals surface area (Å²) in [5.41, 5.74) is 1.49. The van der Waals surface area contributed by atoms with E-state index in [-0.39, 0.29) is 22.6 Å². The molecule has 6 heteroatoms. The Morgan fingerprint density at radius 3 is 2.06 bits per heavy atom. The van der Waals surface area contributed by atoms with Crippen molar-refractivity contribution in [2.75, 3.05) is 5.32 Å². The molecule has 4 aromatic rings. The number of phenolic OH excluding ortho intramolecular Hbond substituents is 1. The minimum absolute atomic E-state index is 0.00341. The predicted octanol–water partition coefficient (Wildman–Crippen LogP) is 7.06. The summed E-state index contributed by atoms with van der Waals surface area (Å²) in [5.74, 6) is -0.401. The zero-order valence-corrected chi connectivity index (χ0v) is 20.3. The molecule has 0 radical (unpaired) electrons. The molecule has 0 spiro atoms. The second-order valence-corrected chi connectivity index (χ2v) is 9.18. The summed E-state index contributed by atoms with van der Waals surface area (Å²) in [7, 11) is 0. The number of rotatable bonds is 6. The van der Waals surface area contributed by atoms with Crippen molar-refractivity contribution < 1.29 is 24.2 Å². The lowest BCUT2D eigenvalue weighted by Gasteiger charge is -2.21. The Balaban J connectivity index is 1.67. The first-order valence-electron chi connectivity index (χ1n) is 11.5. The van der Waals surface area contributed by atoms with Gasteiger partial charge >= 0.3 is 5.97 Å². The lowest BCUT2D eigenvalue weighted by molar-refractivity contribution is 0.00707. The Bertz CT molecular complexity index is 1380. The van der Waals surface area contributed by atoms with Gasteiger partial charge in [-0.15, -0.1) is 0 Å². The zero-order chi connectivity index (χ0) is 25.7. The number of anilines is 1. The number of aromatic hydroxyl groups is 1. The number of carbonyl (C=O) groups is 2. The van der Waals surface area contributed by atoms with E-state index in [1.165, 1.54) is 12.1 Å². The van der Waals surface area contributed by atoms with Crippen LogP contribution in [0.25, 0.3) is 11.1 Å². The number of nitrogens with one attached hydrogen (secondary N) is 1. The van der Waals surface area contributed by atoms with Crippen molar-refractivity contribution in [2.45, 2.75) is 26.4 Å². The zero-order valence-electron chi connectivity index (χ0n) is 20.3. The van der Waals surface area contributed by atoms with Gasteiger partial charge in [0.05, 0.1) is 16.8 Å². The summed E-state index contributed by atoms with van der Waals surface area (Å²) in [5, 5.41) is 13.2. The number of ether oxygens (including phenoxy) is 2. The molecule has 0 unspecified atom stereocenters. The molecule has 36 heavy (non-hydrogen) atoms. The number of hydrogen-bond donors (Lipinski definition) is 2. The minimum Gasteiger partial charge on any atom is -0.507 e. The van der Waals surface area contributed by atoms with Crippen LogP contribution in [-0.4, -0.2) is 22.6 Å². The maximum Gasteiger partial charge on any atom is 0.340 e. The number of para-hydroxylation sites is 1. The van der Waals surface area contributed by atoms with Gasteiger partial charge in [0.1, 0.15) is 22.8 Å². The standard InChI is InChI=1S/C30H27NO5/c1-30(2,3)36-29(34)24-16-14-21(20-10-6-4-7-11-20)18-26(24)31-28(33)25-19-23(15-17-27(25)32)35-22-12-8-5-9-13-22/h4-19,32H,1-3H3,(H,31,33). The smallest absolute Gasteiger partial charge is 0.340 e. The summed E-state index contributed by atoms with van der Waals surface area (Å²) < 4.78 is 11.3. The van der Waals surface area contributed by atoms with Gasteiger partial charge in [-0.05, 0) is 74.4 Å². The van der Waals surface area contributed by atoms with Crippen molar-refractivity contribution in [3.8, 4) is 28.4 Å². The third-order valence-corrected chi connectivity index (χ3v) is 5.19. The predicted molar refractivity (Wildman–Crippen MR) is 140 cm³/mol. The molecule has 2 N–H and O–H groups in total. The van der Waals surface area contributed by atoms with E-state index < -0.39 is 17.5 Å². The molecule has 0 aliphatic rings. The number of hydrogen-bond acceptors (Lipinski definition) is 5. The summed E-state index contributed by atoms with van der Waals surface area (Å²) in [6.07, 6.45) is 0. The molecular weight excluding hydrogens is 454 g/mol. The van der Waals surface area contributed by atoms with Crippen LogP contribution in [0.5, 0.6) is 17.2 Å². The Labute approximate surface area is 210 Å². The van der Waals surface area contributed by atoms with Gasteiger partial charge in [0, 0.05) is 0 Å². The van der Waals surface area contributed by atoms with Gasteiger partial charge in [-0.25, -0.2) is 4.79 Å². The van der Waals surface area contributed by atoms with E-state index in [9.17, 15) is 14.7 Å². The molecule has 1 amide bonds. The fourth-order valence-electron chi connectivity index (χ4n) is 3.54. The van der Waals surface area contributed by atoms with Crippen LogP contribution in [0.4, 0.5) is 5.69 Å². The van der Waals surface area contributed by atoms with E-state index in [1.807, 2.05) is 48.5 Å². The fraction of sp³-hybridized carbons (Fsp3) is 0.133. The van der Waals surface area contributed by atoms with Crippen molar-refractivity contribution >= 4 is 17.6 Å². The molecule has 0 aliphatic carbocycles. The second kappa shape index (κ2) is 10.4. The maximum atomic E-state index is 13.3. The monoisotopic (exact) mass is 481 g/mol. The first kappa shape index (κ1) is 24.5. The van der Waals surface area contributed by atoms with Crippen LogP contribution in [0.15, 0.2) is 97.1 Å². The van der Waals surface area contributed by atoms with E-state index >= 15 is 0 Å². The van der Waals surface area contributed by atoms with E-state index in [1.54, 1.807) is 57.2 Å². The van der Waals surface area contributed by atoms with Gasteiger partial charge in [0.25, 0.3) is 5.91 Å². The van der Waals surface area contributed by atoms with Crippen LogP contribution < -0.4 is 10.1 Å². The lowest BCUT2D eigenvalue weighted by atomic mass is 10.0. The van der Waals surface area contributed by atoms with E-state index in [4.69, 9.17) is 9.47 Å². The maximum absolute atomic E-state index is 13.3. The highest BCUT2D eigenvalue weighted by molar-refractivity contribution is 6.10. The van der Waals surface area contributed by atoms with Gasteiger partial charge in [-0.1, -0.05) is 54.6 Å². The SMILES string of the molecule is CC(C)(C)OC(=O)c1ccc(-c2ccccc2)cc1NC(=O)c1cc(Oc2ccccc2)ccc1O. The lowest BCUT2D eigenvalue weighted by Crippen LogP contribution is -2.25. The molecule has 6 nitrogen and oxygen atoms in total. The molecule has 0 saturated heterocycles. The number of benzene rings is 4. The quantitative estimate of drug-likeness (QED) is 0.288. The van der Waals surface area contributed by atoms with Crippen molar-refractivity contribution in [3.63, 3.8) is 0 Å². The first-order chi connectivity index (χ1) is 17.2. The molecule has 4 rings (SSSR count). The van der Waals surface area contributed by atoms with Gasteiger partial charge in [0.15, 0.2) is 0 Å². The van der Waals surface area contributed by atoms with Crippen molar-refractivity contribution in [1.82, 2.24) is 0 Å². The second-order valence-electron chi connectivity index (χ2n) is 9.18. The highest BCUT2D eigenvalue weighted by Crippen LogP contribution is 2.31. The molecule has 0 heterocycles.